The first-order valence-corrected chi connectivity index (χ1v) is 4.20. The minimum Gasteiger partial charge on any atom is -0.485 e. The van der Waals surface area contributed by atoms with Crippen LogP contribution in [0.15, 0.2) is 24.3 Å². The van der Waals surface area contributed by atoms with Crippen LogP contribution < -0.4 is 20.7 Å². The summed E-state index contributed by atoms with van der Waals surface area (Å²) in [7, 11) is 0. The zero-order valence-corrected chi connectivity index (χ0v) is 7.40. The molecule has 1 aromatic rings. The van der Waals surface area contributed by atoms with Crippen molar-refractivity contribution in [3.8, 4) is 11.5 Å². The molecule has 0 radical (unpaired) electrons. The van der Waals surface area contributed by atoms with Gasteiger partial charge in [-0.05, 0) is 12.1 Å². The minimum atomic E-state index is -0.671. The normalized spacial score (nSPS) is 18.8. The lowest BCUT2D eigenvalue weighted by atomic mass is 10.2. The zero-order valence-electron chi connectivity index (χ0n) is 7.40. The molecule has 0 bridgehead atoms. The molecule has 5 nitrogen and oxygen atoms in total. The van der Waals surface area contributed by atoms with Crippen LogP contribution in [0.3, 0.4) is 0 Å². The first kappa shape index (κ1) is 8.83. The third kappa shape index (κ3) is 1.49. The summed E-state index contributed by atoms with van der Waals surface area (Å²) in [6.07, 6.45) is -0.671. The predicted molar refractivity (Wildman–Crippen MR) is 48.7 cm³/mol. The fourth-order valence-corrected chi connectivity index (χ4v) is 1.24. The number of ether oxygens (including phenoxy) is 2. The van der Waals surface area contributed by atoms with E-state index in [1.807, 2.05) is 17.6 Å². The molecule has 0 spiro atoms. The Morgan fingerprint density at radius 2 is 2.14 bits per heavy atom. The summed E-state index contributed by atoms with van der Waals surface area (Å²) in [5, 5.41) is 0. The van der Waals surface area contributed by atoms with Gasteiger partial charge in [0.25, 0.3) is 5.91 Å². The smallest absolute Gasteiger partial charge is 0.278 e. The molecule has 14 heavy (non-hydrogen) atoms. The van der Waals surface area contributed by atoms with Crippen molar-refractivity contribution in [1.82, 2.24) is 5.43 Å². The number of para-hydroxylation sites is 2. The average molecular weight is 194 g/mol. The Balaban J connectivity index is 2.17. The number of carbonyl (C=O) groups is 1. The highest BCUT2D eigenvalue weighted by Crippen LogP contribution is 2.30. The number of hydrogen-bond donors (Lipinski definition) is 2. The number of hydrazine groups is 1. The van der Waals surface area contributed by atoms with Crippen molar-refractivity contribution in [1.29, 1.82) is 0 Å². The first-order chi connectivity index (χ1) is 6.81. The van der Waals surface area contributed by atoms with Gasteiger partial charge in [-0.25, -0.2) is 5.84 Å². The van der Waals surface area contributed by atoms with Gasteiger partial charge in [0.15, 0.2) is 11.5 Å². The fourth-order valence-electron chi connectivity index (χ4n) is 1.24. The van der Waals surface area contributed by atoms with E-state index in [1.54, 1.807) is 12.1 Å². The molecular weight excluding hydrogens is 184 g/mol. The fraction of sp³-hybridized carbons (Fsp3) is 0.222. The van der Waals surface area contributed by atoms with Gasteiger partial charge in [-0.3, -0.25) is 10.2 Å². The van der Waals surface area contributed by atoms with E-state index in [0.717, 1.165) is 0 Å². The van der Waals surface area contributed by atoms with Crippen molar-refractivity contribution in [3.05, 3.63) is 24.3 Å². The summed E-state index contributed by atoms with van der Waals surface area (Å²) in [6, 6.07) is 7.17. The highest BCUT2D eigenvalue weighted by atomic mass is 16.6. The largest absolute Gasteiger partial charge is 0.485 e. The molecule has 0 aliphatic carbocycles. The van der Waals surface area contributed by atoms with Gasteiger partial charge in [-0.2, -0.15) is 0 Å². The second kappa shape index (κ2) is 3.55. The molecule has 1 aliphatic heterocycles. The van der Waals surface area contributed by atoms with E-state index in [0.29, 0.717) is 11.5 Å². The average Bonchev–Trinajstić information content (AvgIpc) is 2.27. The number of fused-ring (bicyclic) bond motifs is 1. The molecule has 3 N–H and O–H groups in total. The molecule has 1 aromatic carbocycles. The maximum absolute atomic E-state index is 11.1. The Hall–Kier alpha value is -1.75. The maximum Gasteiger partial charge on any atom is 0.278 e. The van der Waals surface area contributed by atoms with E-state index in [9.17, 15) is 4.79 Å². The third-order valence-corrected chi connectivity index (χ3v) is 1.94. The Labute approximate surface area is 80.8 Å². The van der Waals surface area contributed by atoms with Gasteiger partial charge >= 0.3 is 0 Å². The van der Waals surface area contributed by atoms with E-state index in [1.165, 1.54) is 0 Å². The highest BCUT2D eigenvalue weighted by Gasteiger charge is 2.26. The summed E-state index contributed by atoms with van der Waals surface area (Å²) in [5.41, 5.74) is 2.02. The Bertz CT molecular complexity index is 354. The van der Waals surface area contributed by atoms with Gasteiger partial charge in [-0.1, -0.05) is 12.1 Å². The molecule has 0 saturated carbocycles. The first-order valence-electron chi connectivity index (χ1n) is 4.20. The minimum absolute atomic E-state index is 0.181. The van der Waals surface area contributed by atoms with Crippen LogP contribution in [0.4, 0.5) is 0 Å². The molecule has 1 aliphatic rings. The topological polar surface area (TPSA) is 73.6 Å². The zero-order chi connectivity index (χ0) is 9.97. The van der Waals surface area contributed by atoms with Gasteiger partial charge in [0.1, 0.15) is 6.61 Å². The van der Waals surface area contributed by atoms with Crippen LogP contribution in [-0.4, -0.2) is 18.6 Å². The number of rotatable bonds is 1. The van der Waals surface area contributed by atoms with E-state index >= 15 is 0 Å². The van der Waals surface area contributed by atoms with Crippen LogP contribution in [0.25, 0.3) is 0 Å². The number of carbonyl (C=O) groups excluding carboxylic acids is 1. The molecule has 1 heterocycles. The predicted octanol–water partition coefficient (Wildman–Crippen LogP) is -0.184. The van der Waals surface area contributed by atoms with Crippen LogP contribution >= 0.6 is 0 Å². The summed E-state index contributed by atoms with van der Waals surface area (Å²) in [6.45, 7) is 0.181. The van der Waals surface area contributed by atoms with Crippen LogP contribution in [-0.2, 0) is 4.79 Å². The molecule has 74 valence electrons. The van der Waals surface area contributed by atoms with E-state index in [4.69, 9.17) is 15.3 Å². The van der Waals surface area contributed by atoms with Crippen LogP contribution in [0.1, 0.15) is 0 Å². The molecule has 0 aromatic heterocycles. The SMILES string of the molecule is NNC(=O)[C@@H]1COc2ccccc2O1. The number of nitrogens with one attached hydrogen (secondary N) is 1. The molecule has 0 fully saturated rings. The van der Waals surface area contributed by atoms with Crippen molar-refractivity contribution in [2.75, 3.05) is 6.61 Å². The van der Waals surface area contributed by atoms with E-state index in [2.05, 4.69) is 0 Å². The molecule has 1 amide bonds. The Kier molecular flexibility index (Phi) is 2.24. The van der Waals surface area contributed by atoms with Crippen molar-refractivity contribution >= 4 is 5.91 Å². The number of nitrogens with two attached hydrogens (primary N) is 1. The molecule has 0 saturated heterocycles. The van der Waals surface area contributed by atoms with Gasteiger partial charge in [0.2, 0.25) is 6.10 Å². The lowest BCUT2D eigenvalue weighted by molar-refractivity contribution is -0.130. The summed E-state index contributed by atoms with van der Waals surface area (Å²) >= 11 is 0. The van der Waals surface area contributed by atoms with Gasteiger partial charge in [0, 0.05) is 0 Å². The maximum atomic E-state index is 11.1. The van der Waals surface area contributed by atoms with Crippen LogP contribution in [0.2, 0.25) is 0 Å². The van der Waals surface area contributed by atoms with Gasteiger partial charge < -0.3 is 9.47 Å². The monoisotopic (exact) mass is 194 g/mol. The lowest BCUT2D eigenvalue weighted by Gasteiger charge is -2.24. The van der Waals surface area contributed by atoms with Crippen molar-refractivity contribution in [2.24, 2.45) is 5.84 Å². The lowest BCUT2D eigenvalue weighted by Crippen LogP contribution is -2.46. The van der Waals surface area contributed by atoms with Crippen molar-refractivity contribution in [3.63, 3.8) is 0 Å². The third-order valence-electron chi connectivity index (χ3n) is 1.94. The molecule has 0 unspecified atom stereocenters. The second-order valence-electron chi connectivity index (χ2n) is 2.87. The van der Waals surface area contributed by atoms with E-state index < -0.39 is 6.10 Å². The van der Waals surface area contributed by atoms with Crippen molar-refractivity contribution < 1.29 is 14.3 Å². The van der Waals surface area contributed by atoms with Crippen LogP contribution in [0, 0.1) is 0 Å². The Morgan fingerprint density at radius 3 is 2.86 bits per heavy atom. The van der Waals surface area contributed by atoms with Gasteiger partial charge in [-0.15, -0.1) is 0 Å². The number of benzene rings is 1. The molecule has 2 rings (SSSR count). The number of hydrogen-bond acceptors (Lipinski definition) is 4. The highest BCUT2D eigenvalue weighted by molar-refractivity contribution is 5.81. The quantitative estimate of drug-likeness (QED) is 0.369. The molecule has 1 atom stereocenters. The van der Waals surface area contributed by atoms with Crippen molar-refractivity contribution in [2.45, 2.75) is 6.10 Å². The molecular formula is C9H10N2O3. The Morgan fingerprint density at radius 1 is 1.43 bits per heavy atom. The molecule has 5 heteroatoms. The van der Waals surface area contributed by atoms with E-state index in [-0.39, 0.29) is 12.5 Å². The van der Waals surface area contributed by atoms with Gasteiger partial charge in [0.05, 0.1) is 0 Å². The van der Waals surface area contributed by atoms with Crippen LogP contribution in [0.5, 0.6) is 11.5 Å². The number of amides is 1. The summed E-state index contributed by atoms with van der Waals surface area (Å²) in [5.74, 6) is 5.81. The summed E-state index contributed by atoms with van der Waals surface area (Å²) in [4.78, 5) is 11.1. The standard InChI is InChI=1S/C9H10N2O3/c10-11-9(12)8-5-13-6-3-1-2-4-7(6)14-8/h1-4,8H,5,10H2,(H,11,12)/t8-/m0/s1. The second-order valence-corrected chi connectivity index (χ2v) is 2.87. The summed E-state index contributed by atoms with van der Waals surface area (Å²) < 4.78 is 10.7.